The van der Waals surface area contributed by atoms with Crippen molar-refractivity contribution in [2.24, 2.45) is 0 Å². The second kappa shape index (κ2) is 5.40. The van der Waals surface area contributed by atoms with Gasteiger partial charge >= 0.3 is 0 Å². The zero-order valence-corrected chi connectivity index (χ0v) is 12.8. The molecule has 1 N–H and O–H groups in total. The lowest BCUT2D eigenvalue weighted by Gasteiger charge is -2.34. The molecule has 4 nitrogen and oxygen atoms in total. The predicted octanol–water partition coefficient (Wildman–Crippen LogP) is 2.69. The normalized spacial score (nSPS) is 18.7. The lowest BCUT2D eigenvalue weighted by molar-refractivity contribution is 0.0537. The van der Waals surface area contributed by atoms with Crippen LogP contribution >= 0.6 is 0 Å². The van der Waals surface area contributed by atoms with Gasteiger partial charge in [0.15, 0.2) is 0 Å². The van der Waals surface area contributed by atoms with Crippen molar-refractivity contribution in [2.75, 3.05) is 13.2 Å². The summed E-state index contributed by atoms with van der Waals surface area (Å²) >= 11 is 0. The minimum Gasteiger partial charge on any atom is -0.381 e. The number of rotatable bonds is 3. The number of nitrogens with one attached hydrogen (secondary N) is 1. The van der Waals surface area contributed by atoms with Crippen LogP contribution in [-0.2, 0) is 14.8 Å². The van der Waals surface area contributed by atoms with Gasteiger partial charge in [0.1, 0.15) is 0 Å². The van der Waals surface area contributed by atoms with Crippen molar-refractivity contribution in [1.29, 1.82) is 0 Å². The van der Waals surface area contributed by atoms with Crippen molar-refractivity contribution in [3.8, 4) is 0 Å². The molecule has 112 valence electrons. The number of fused-ring (bicyclic) bond motifs is 1. The maximum Gasteiger partial charge on any atom is 0.241 e. The van der Waals surface area contributed by atoms with Gasteiger partial charge in [-0.25, -0.2) is 13.1 Å². The minimum absolute atomic E-state index is 0.341. The Balaban J connectivity index is 2.00. The summed E-state index contributed by atoms with van der Waals surface area (Å²) < 4.78 is 33.7. The Morgan fingerprint density at radius 3 is 2.48 bits per heavy atom. The summed E-state index contributed by atoms with van der Waals surface area (Å²) in [5.74, 6) is 0. The third kappa shape index (κ3) is 2.95. The van der Waals surface area contributed by atoms with E-state index in [0.717, 1.165) is 10.8 Å². The van der Waals surface area contributed by atoms with Crippen LogP contribution in [0.5, 0.6) is 0 Å². The molecule has 0 aromatic heterocycles. The van der Waals surface area contributed by atoms with Crippen LogP contribution in [-0.4, -0.2) is 27.2 Å². The average molecular weight is 305 g/mol. The molecule has 1 aliphatic heterocycles. The van der Waals surface area contributed by atoms with Crippen LogP contribution in [0.2, 0.25) is 0 Å². The molecule has 0 atom stereocenters. The summed E-state index contributed by atoms with van der Waals surface area (Å²) in [7, 11) is -3.55. The Labute approximate surface area is 125 Å². The zero-order valence-electron chi connectivity index (χ0n) is 12.0. The molecule has 3 rings (SSSR count). The lowest BCUT2D eigenvalue weighted by atomic mass is 9.94. The number of hydrogen-bond donors (Lipinski definition) is 1. The van der Waals surface area contributed by atoms with E-state index in [2.05, 4.69) is 4.72 Å². The first-order chi connectivity index (χ1) is 10.0. The van der Waals surface area contributed by atoms with Crippen LogP contribution in [0.3, 0.4) is 0 Å². The molecule has 0 radical (unpaired) electrons. The van der Waals surface area contributed by atoms with Gasteiger partial charge in [-0.15, -0.1) is 0 Å². The molecule has 0 saturated carbocycles. The zero-order chi connectivity index (χ0) is 14.9. The van der Waals surface area contributed by atoms with Crippen LogP contribution in [0, 0.1) is 0 Å². The number of benzene rings is 2. The summed E-state index contributed by atoms with van der Waals surface area (Å²) in [6.07, 6.45) is 1.38. The third-order valence-corrected chi connectivity index (χ3v) is 5.71. The topological polar surface area (TPSA) is 55.4 Å². The Morgan fingerprint density at radius 2 is 1.71 bits per heavy atom. The first-order valence-electron chi connectivity index (χ1n) is 7.10. The van der Waals surface area contributed by atoms with Gasteiger partial charge in [-0.05, 0) is 31.2 Å². The molecular weight excluding hydrogens is 286 g/mol. The maximum atomic E-state index is 12.8. The molecule has 21 heavy (non-hydrogen) atoms. The Morgan fingerprint density at radius 1 is 1.05 bits per heavy atom. The molecule has 2 aromatic carbocycles. The van der Waals surface area contributed by atoms with Crippen LogP contribution < -0.4 is 4.72 Å². The number of hydrogen-bond acceptors (Lipinski definition) is 3. The first-order valence-corrected chi connectivity index (χ1v) is 8.58. The van der Waals surface area contributed by atoms with Gasteiger partial charge in [-0.2, -0.15) is 0 Å². The van der Waals surface area contributed by atoms with Gasteiger partial charge in [0.2, 0.25) is 10.0 Å². The fraction of sp³-hybridized carbons (Fsp3) is 0.375. The van der Waals surface area contributed by atoms with E-state index in [1.165, 1.54) is 0 Å². The van der Waals surface area contributed by atoms with E-state index in [4.69, 9.17) is 4.74 Å². The predicted molar refractivity (Wildman–Crippen MR) is 82.7 cm³/mol. The summed E-state index contributed by atoms with van der Waals surface area (Å²) in [5, 5.41) is 1.68. The largest absolute Gasteiger partial charge is 0.381 e. The summed E-state index contributed by atoms with van der Waals surface area (Å²) in [6.45, 7) is 3.13. The van der Waals surface area contributed by atoms with Crippen LogP contribution in [0.15, 0.2) is 47.4 Å². The highest BCUT2D eigenvalue weighted by Gasteiger charge is 2.33. The average Bonchev–Trinajstić information content (AvgIpc) is 2.46. The molecular formula is C16H19NO3S. The maximum absolute atomic E-state index is 12.8. The van der Waals surface area contributed by atoms with Crippen molar-refractivity contribution in [3.63, 3.8) is 0 Å². The molecule has 2 aromatic rings. The van der Waals surface area contributed by atoms with E-state index in [1.807, 2.05) is 37.3 Å². The molecule has 5 heteroatoms. The van der Waals surface area contributed by atoms with E-state index >= 15 is 0 Å². The Bertz CT molecular complexity index is 744. The van der Waals surface area contributed by atoms with E-state index in [-0.39, 0.29) is 0 Å². The molecule has 1 fully saturated rings. The molecule has 0 unspecified atom stereocenters. The highest BCUT2D eigenvalue weighted by molar-refractivity contribution is 7.89. The van der Waals surface area contributed by atoms with E-state index < -0.39 is 15.6 Å². The van der Waals surface area contributed by atoms with E-state index in [9.17, 15) is 8.42 Å². The quantitative estimate of drug-likeness (QED) is 0.948. The van der Waals surface area contributed by atoms with Gasteiger partial charge in [0.25, 0.3) is 0 Å². The first kappa shape index (κ1) is 14.5. The van der Waals surface area contributed by atoms with Crippen molar-refractivity contribution in [1.82, 2.24) is 4.72 Å². The van der Waals surface area contributed by atoms with Crippen molar-refractivity contribution in [3.05, 3.63) is 42.5 Å². The monoisotopic (exact) mass is 305 g/mol. The highest BCUT2D eigenvalue weighted by atomic mass is 32.2. The molecule has 0 bridgehead atoms. The van der Waals surface area contributed by atoms with Gasteiger partial charge in [-0.1, -0.05) is 36.4 Å². The Hall–Kier alpha value is -1.43. The molecule has 1 aliphatic rings. The second-order valence-electron chi connectivity index (χ2n) is 5.76. The standard InChI is InChI=1S/C16H19NO3S/c1-16(9-11-20-12-10-16)17-21(18,19)15-8-4-6-13-5-2-3-7-14(13)15/h2-8,17H,9-12H2,1H3. The number of sulfonamides is 1. The second-order valence-corrected chi connectivity index (χ2v) is 7.41. The van der Waals surface area contributed by atoms with Gasteiger partial charge < -0.3 is 4.74 Å². The van der Waals surface area contributed by atoms with E-state index in [0.29, 0.717) is 31.0 Å². The van der Waals surface area contributed by atoms with Gasteiger partial charge in [0.05, 0.1) is 4.90 Å². The molecule has 0 spiro atoms. The summed E-state index contributed by atoms with van der Waals surface area (Å²) in [5.41, 5.74) is -0.436. The molecule has 1 saturated heterocycles. The summed E-state index contributed by atoms with van der Waals surface area (Å²) in [4.78, 5) is 0.341. The number of ether oxygens (including phenoxy) is 1. The van der Waals surface area contributed by atoms with E-state index in [1.54, 1.807) is 12.1 Å². The van der Waals surface area contributed by atoms with Crippen LogP contribution in [0.4, 0.5) is 0 Å². The van der Waals surface area contributed by atoms with Crippen molar-refractivity contribution < 1.29 is 13.2 Å². The summed E-state index contributed by atoms with van der Waals surface area (Å²) in [6, 6.07) is 12.9. The SMILES string of the molecule is CC1(NS(=O)(=O)c2cccc3ccccc23)CCOCC1. The van der Waals surface area contributed by atoms with Gasteiger partial charge in [-0.3, -0.25) is 0 Å². The molecule has 1 heterocycles. The molecule has 0 aliphatic carbocycles. The van der Waals surface area contributed by atoms with Gasteiger partial charge in [0, 0.05) is 24.1 Å². The Kier molecular flexibility index (Phi) is 3.73. The van der Waals surface area contributed by atoms with Crippen molar-refractivity contribution >= 4 is 20.8 Å². The lowest BCUT2D eigenvalue weighted by Crippen LogP contribution is -2.49. The van der Waals surface area contributed by atoms with Crippen LogP contribution in [0.1, 0.15) is 19.8 Å². The van der Waals surface area contributed by atoms with Crippen molar-refractivity contribution in [2.45, 2.75) is 30.2 Å². The molecule has 0 amide bonds. The van der Waals surface area contributed by atoms with Crippen LogP contribution in [0.25, 0.3) is 10.8 Å². The smallest absolute Gasteiger partial charge is 0.241 e. The third-order valence-electron chi connectivity index (χ3n) is 4.02. The highest BCUT2D eigenvalue weighted by Crippen LogP contribution is 2.27. The minimum atomic E-state index is -3.55. The fourth-order valence-electron chi connectivity index (χ4n) is 2.73. The fourth-order valence-corrected chi connectivity index (χ4v) is 4.43.